The largest absolute Gasteiger partial charge is 0.332 e. The Morgan fingerprint density at radius 2 is 2.00 bits per heavy atom. The quantitative estimate of drug-likeness (QED) is 0.739. The Morgan fingerprint density at radius 1 is 1.29 bits per heavy atom. The smallest absolute Gasteiger partial charge is 0.0953 e. The molecule has 1 aromatic heterocycles. The molecular formula is C14H27N3. The minimum absolute atomic E-state index is 0.553. The number of imidazole rings is 1. The van der Waals surface area contributed by atoms with Gasteiger partial charge in [-0.1, -0.05) is 13.8 Å². The number of aryl methyl sites for hydroxylation is 1. The van der Waals surface area contributed by atoms with Gasteiger partial charge in [0.1, 0.15) is 0 Å². The van der Waals surface area contributed by atoms with Crippen LogP contribution in [0.3, 0.4) is 0 Å². The van der Waals surface area contributed by atoms with Crippen molar-refractivity contribution >= 4 is 0 Å². The average molecular weight is 237 g/mol. The van der Waals surface area contributed by atoms with E-state index in [9.17, 15) is 0 Å². The summed E-state index contributed by atoms with van der Waals surface area (Å²) in [4.78, 5) is 4.35. The van der Waals surface area contributed by atoms with Crippen LogP contribution in [0.4, 0.5) is 0 Å². The number of nitrogens with zero attached hydrogens (tertiary/aromatic N) is 2. The van der Waals surface area contributed by atoms with Crippen LogP contribution in [-0.4, -0.2) is 22.6 Å². The Balaban J connectivity index is 2.26. The van der Waals surface area contributed by atoms with Crippen molar-refractivity contribution in [1.82, 2.24) is 14.9 Å². The number of hydrogen-bond donors (Lipinski definition) is 1. The second kappa shape index (κ2) is 6.80. The molecule has 0 aliphatic rings. The minimum Gasteiger partial charge on any atom is -0.332 e. The van der Waals surface area contributed by atoms with Crippen LogP contribution in [0, 0.1) is 19.8 Å². The molecule has 17 heavy (non-hydrogen) atoms. The van der Waals surface area contributed by atoms with Crippen molar-refractivity contribution in [1.29, 1.82) is 0 Å². The van der Waals surface area contributed by atoms with E-state index in [1.165, 1.54) is 18.5 Å². The van der Waals surface area contributed by atoms with Crippen molar-refractivity contribution in [3.05, 3.63) is 17.7 Å². The fraction of sp³-hybridized carbons (Fsp3) is 0.786. The van der Waals surface area contributed by atoms with E-state index in [1.54, 1.807) is 0 Å². The lowest BCUT2D eigenvalue weighted by molar-refractivity contribution is 0.458. The molecule has 3 nitrogen and oxygen atoms in total. The molecule has 3 heteroatoms. The van der Waals surface area contributed by atoms with Crippen LogP contribution in [0.5, 0.6) is 0 Å². The molecule has 98 valence electrons. The highest BCUT2D eigenvalue weighted by Crippen LogP contribution is 2.16. The van der Waals surface area contributed by atoms with Gasteiger partial charge in [-0.2, -0.15) is 0 Å². The van der Waals surface area contributed by atoms with Crippen LogP contribution in [0.1, 0.15) is 51.0 Å². The van der Waals surface area contributed by atoms with Gasteiger partial charge in [0.15, 0.2) is 0 Å². The van der Waals surface area contributed by atoms with Gasteiger partial charge in [0.25, 0.3) is 0 Å². The van der Waals surface area contributed by atoms with E-state index in [0.717, 1.165) is 24.7 Å². The molecule has 1 N–H and O–H groups in total. The third-order valence-electron chi connectivity index (χ3n) is 3.29. The maximum atomic E-state index is 4.35. The molecule has 1 aromatic rings. The van der Waals surface area contributed by atoms with Crippen molar-refractivity contribution in [2.75, 3.05) is 13.1 Å². The van der Waals surface area contributed by atoms with Crippen molar-refractivity contribution in [3.63, 3.8) is 0 Å². The third kappa shape index (κ3) is 4.50. The second-order valence-corrected chi connectivity index (χ2v) is 5.41. The van der Waals surface area contributed by atoms with Crippen molar-refractivity contribution in [3.8, 4) is 0 Å². The molecule has 0 aromatic carbocycles. The Kier molecular flexibility index (Phi) is 5.69. The molecule has 1 atom stereocenters. The van der Waals surface area contributed by atoms with E-state index >= 15 is 0 Å². The molecule has 0 fully saturated rings. The van der Waals surface area contributed by atoms with E-state index in [-0.39, 0.29) is 0 Å². The molecule has 0 aliphatic carbocycles. The van der Waals surface area contributed by atoms with E-state index in [2.05, 4.69) is 49.5 Å². The molecule has 1 unspecified atom stereocenters. The van der Waals surface area contributed by atoms with Crippen LogP contribution >= 0.6 is 0 Å². The van der Waals surface area contributed by atoms with E-state index in [0.29, 0.717) is 6.04 Å². The zero-order chi connectivity index (χ0) is 12.8. The molecule has 0 radical (unpaired) electrons. The molecule has 0 saturated heterocycles. The van der Waals surface area contributed by atoms with Gasteiger partial charge in [-0.05, 0) is 52.6 Å². The first kappa shape index (κ1) is 14.2. The summed E-state index contributed by atoms with van der Waals surface area (Å²) in [6.45, 7) is 13.2. The fourth-order valence-corrected chi connectivity index (χ4v) is 2.01. The van der Waals surface area contributed by atoms with Crippen molar-refractivity contribution < 1.29 is 0 Å². The maximum Gasteiger partial charge on any atom is 0.0953 e. The van der Waals surface area contributed by atoms with Gasteiger partial charge >= 0.3 is 0 Å². The first-order valence-electron chi connectivity index (χ1n) is 6.73. The van der Waals surface area contributed by atoms with Gasteiger partial charge in [-0.15, -0.1) is 0 Å². The molecule has 0 amide bonds. The molecule has 0 bridgehead atoms. The molecule has 0 spiro atoms. The van der Waals surface area contributed by atoms with E-state index in [4.69, 9.17) is 0 Å². The van der Waals surface area contributed by atoms with Crippen LogP contribution in [0.25, 0.3) is 0 Å². The summed E-state index contributed by atoms with van der Waals surface area (Å²) in [5.41, 5.74) is 2.45. The van der Waals surface area contributed by atoms with Gasteiger partial charge in [-0.25, -0.2) is 4.98 Å². The summed E-state index contributed by atoms with van der Waals surface area (Å²) in [6, 6.07) is 0.553. The lowest BCUT2D eigenvalue weighted by Crippen LogP contribution is -2.21. The van der Waals surface area contributed by atoms with Gasteiger partial charge in [0.05, 0.1) is 12.0 Å². The van der Waals surface area contributed by atoms with Crippen LogP contribution < -0.4 is 5.32 Å². The zero-order valence-corrected chi connectivity index (χ0v) is 12.0. The first-order chi connectivity index (χ1) is 8.02. The molecule has 1 rings (SSSR count). The predicted octanol–water partition coefficient (Wildman–Crippen LogP) is 3.09. The molecule has 0 saturated carbocycles. The monoisotopic (exact) mass is 237 g/mol. The third-order valence-corrected chi connectivity index (χ3v) is 3.29. The van der Waals surface area contributed by atoms with E-state index < -0.39 is 0 Å². The topological polar surface area (TPSA) is 29.9 Å². The van der Waals surface area contributed by atoms with Gasteiger partial charge in [0, 0.05) is 11.7 Å². The van der Waals surface area contributed by atoms with Gasteiger partial charge in [-0.3, -0.25) is 0 Å². The number of aromatic nitrogens is 2. The van der Waals surface area contributed by atoms with Crippen LogP contribution in [-0.2, 0) is 0 Å². The fourth-order valence-electron chi connectivity index (χ4n) is 2.01. The van der Waals surface area contributed by atoms with Crippen molar-refractivity contribution in [2.45, 2.75) is 53.5 Å². The molecular weight excluding hydrogens is 210 g/mol. The number of rotatable bonds is 7. The van der Waals surface area contributed by atoms with Crippen LogP contribution in [0.2, 0.25) is 0 Å². The summed E-state index contributed by atoms with van der Waals surface area (Å²) < 4.78 is 2.29. The minimum atomic E-state index is 0.553. The van der Waals surface area contributed by atoms with Gasteiger partial charge in [0.2, 0.25) is 0 Å². The summed E-state index contributed by atoms with van der Waals surface area (Å²) in [5, 5.41) is 3.49. The van der Waals surface area contributed by atoms with Crippen molar-refractivity contribution in [2.24, 2.45) is 5.92 Å². The van der Waals surface area contributed by atoms with Gasteiger partial charge < -0.3 is 9.88 Å². The normalized spacial score (nSPS) is 13.3. The highest BCUT2D eigenvalue weighted by molar-refractivity contribution is 5.09. The summed E-state index contributed by atoms with van der Waals surface area (Å²) in [5.74, 6) is 0.742. The maximum absolute atomic E-state index is 4.35. The lowest BCUT2D eigenvalue weighted by Gasteiger charge is -2.15. The summed E-state index contributed by atoms with van der Waals surface area (Å²) >= 11 is 0. The number of nitrogens with one attached hydrogen (secondary N) is 1. The molecule has 1 heterocycles. The van der Waals surface area contributed by atoms with Crippen LogP contribution in [0.15, 0.2) is 6.33 Å². The Morgan fingerprint density at radius 3 is 2.53 bits per heavy atom. The highest BCUT2D eigenvalue weighted by Gasteiger charge is 2.08. The Bertz CT molecular complexity index is 328. The summed E-state index contributed by atoms with van der Waals surface area (Å²) in [7, 11) is 0. The first-order valence-corrected chi connectivity index (χ1v) is 6.73. The molecule has 0 aliphatic heterocycles. The zero-order valence-electron chi connectivity index (χ0n) is 12.0. The number of hydrogen-bond acceptors (Lipinski definition) is 2. The summed E-state index contributed by atoms with van der Waals surface area (Å²) in [6.07, 6.45) is 4.41. The SMILES string of the molecule is Cc1ncn(C(C)CCCNCC(C)C)c1C. The Labute approximate surface area is 106 Å². The highest BCUT2D eigenvalue weighted by atomic mass is 15.1. The predicted molar refractivity (Wildman–Crippen MR) is 73.4 cm³/mol. The standard InChI is InChI=1S/C14H27N3/c1-11(2)9-15-8-6-7-12(3)17-10-16-13(4)14(17)5/h10-12,15H,6-9H2,1-5H3. The average Bonchev–Trinajstić information content (AvgIpc) is 2.59. The van der Waals surface area contributed by atoms with E-state index in [1.807, 2.05) is 6.33 Å². The Hall–Kier alpha value is -0.830. The lowest BCUT2D eigenvalue weighted by atomic mass is 10.1. The second-order valence-electron chi connectivity index (χ2n) is 5.41.